The Balaban J connectivity index is 1.57. The number of amides is 1. The van der Waals surface area contributed by atoms with Crippen LogP contribution in [0.2, 0.25) is 0 Å². The Morgan fingerprint density at radius 2 is 2.04 bits per heavy atom. The van der Waals surface area contributed by atoms with Crippen molar-refractivity contribution in [2.24, 2.45) is 0 Å². The Kier molecular flexibility index (Phi) is 5.81. The molecule has 1 aliphatic rings. The molecule has 1 fully saturated rings. The molecule has 2 aromatic rings. The van der Waals surface area contributed by atoms with Crippen LogP contribution < -0.4 is 4.74 Å². The van der Waals surface area contributed by atoms with Crippen LogP contribution in [-0.2, 0) is 11.3 Å². The predicted molar refractivity (Wildman–Crippen MR) is 97.1 cm³/mol. The lowest BCUT2D eigenvalue weighted by Gasteiger charge is -2.16. The highest BCUT2D eigenvalue weighted by Gasteiger charge is 2.19. The number of hydrogen-bond donors (Lipinski definition) is 1. The first kappa shape index (κ1) is 19.0. The predicted octanol–water partition coefficient (Wildman–Crippen LogP) is 3.12. The van der Waals surface area contributed by atoms with Gasteiger partial charge in [-0.3, -0.25) is 4.79 Å². The molecule has 7 heteroatoms. The number of aromatic carboxylic acids is 1. The highest BCUT2D eigenvalue weighted by Crippen LogP contribution is 2.19. The monoisotopic (exact) mass is 373 g/mol. The smallest absolute Gasteiger partial charge is 0.339 e. The first-order chi connectivity index (χ1) is 12.9. The van der Waals surface area contributed by atoms with Gasteiger partial charge in [0.2, 0.25) is 0 Å². The normalized spacial score (nSPS) is 16.3. The molecule has 0 aliphatic carbocycles. The molecule has 1 aromatic heterocycles. The lowest BCUT2D eigenvalue weighted by atomic mass is 10.2. The van der Waals surface area contributed by atoms with Gasteiger partial charge in [-0.2, -0.15) is 0 Å². The highest BCUT2D eigenvalue weighted by molar-refractivity contribution is 5.94. The van der Waals surface area contributed by atoms with Crippen LogP contribution in [0.5, 0.6) is 5.75 Å². The van der Waals surface area contributed by atoms with E-state index in [1.807, 2.05) is 0 Å². The van der Waals surface area contributed by atoms with E-state index >= 15 is 0 Å². The van der Waals surface area contributed by atoms with Gasteiger partial charge in [0.1, 0.15) is 29.4 Å². The third-order valence-electron chi connectivity index (χ3n) is 4.50. The minimum atomic E-state index is -1.05. The van der Waals surface area contributed by atoms with Crippen LogP contribution in [0.4, 0.5) is 0 Å². The maximum absolute atomic E-state index is 12.6. The van der Waals surface area contributed by atoms with E-state index in [9.17, 15) is 9.59 Å². The fourth-order valence-electron chi connectivity index (χ4n) is 3.02. The number of aryl methyl sites for hydroxylation is 1. The molecule has 1 amide bonds. The summed E-state index contributed by atoms with van der Waals surface area (Å²) >= 11 is 0. The molecule has 0 spiro atoms. The third-order valence-corrected chi connectivity index (χ3v) is 4.50. The van der Waals surface area contributed by atoms with Crippen LogP contribution in [0.3, 0.4) is 0 Å². The van der Waals surface area contributed by atoms with E-state index in [2.05, 4.69) is 0 Å². The molecule has 1 saturated heterocycles. The number of carboxylic acids is 1. The van der Waals surface area contributed by atoms with Gasteiger partial charge in [-0.15, -0.1) is 0 Å². The number of nitrogens with zero attached hydrogens (tertiary/aromatic N) is 1. The Bertz CT molecular complexity index is 804. The number of benzene rings is 1. The maximum Gasteiger partial charge on any atom is 0.339 e. The van der Waals surface area contributed by atoms with Crippen molar-refractivity contribution in [1.82, 2.24) is 4.90 Å². The average molecular weight is 373 g/mol. The lowest BCUT2D eigenvalue weighted by Crippen LogP contribution is -2.26. The summed E-state index contributed by atoms with van der Waals surface area (Å²) in [7, 11) is 1.64. The first-order valence-electron chi connectivity index (χ1n) is 8.86. The van der Waals surface area contributed by atoms with E-state index in [0.717, 1.165) is 19.4 Å². The summed E-state index contributed by atoms with van der Waals surface area (Å²) in [6.07, 6.45) is 2.22. The molecular weight excluding hydrogens is 350 g/mol. The van der Waals surface area contributed by atoms with Crippen molar-refractivity contribution >= 4 is 11.9 Å². The topological polar surface area (TPSA) is 89.2 Å². The molecule has 1 unspecified atom stereocenters. The number of ether oxygens (including phenoxy) is 2. The first-order valence-corrected chi connectivity index (χ1v) is 8.86. The van der Waals surface area contributed by atoms with Crippen molar-refractivity contribution in [1.29, 1.82) is 0 Å². The number of carbonyl (C=O) groups is 2. The molecule has 0 bridgehead atoms. The van der Waals surface area contributed by atoms with Crippen LogP contribution in [-0.4, -0.2) is 48.2 Å². The van der Waals surface area contributed by atoms with Crippen LogP contribution in [0, 0.1) is 6.92 Å². The van der Waals surface area contributed by atoms with Crippen LogP contribution in [0.25, 0.3) is 0 Å². The van der Waals surface area contributed by atoms with Gasteiger partial charge in [-0.05, 0) is 50.1 Å². The van der Waals surface area contributed by atoms with Crippen LogP contribution >= 0.6 is 0 Å². The number of carbonyl (C=O) groups excluding carboxylic acids is 1. The zero-order valence-electron chi connectivity index (χ0n) is 15.4. The zero-order valence-corrected chi connectivity index (χ0v) is 15.4. The molecular formula is C20H23NO6. The van der Waals surface area contributed by atoms with E-state index in [4.69, 9.17) is 19.0 Å². The molecule has 144 valence electrons. The summed E-state index contributed by atoms with van der Waals surface area (Å²) in [6, 6.07) is 8.38. The molecule has 0 radical (unpaired) electrons. The Morgan fingerprint density at radius 3 is 2.63 bits per heavy atom. The van der Waals surface area contributed by atoms with Crippen molar-refractivity contribution < 1.29 is 28.6 Å². The largest absolute Gasteiger partial charge is 0.491 e. The van der Waals surface area contributed by atoms with Gasteiger partial charge in [-0.1, -0.05) is 0 Å². The van der Waals surface area contributed by atoms with Crippen molar-refractivity contribution in [3.63, 3.8) is 0 Å². The molecule has 3 rings (SSSR count). The summed E-state index contributed by atoms with van der Waals surface area (Å²) in [5, 5.41) is 9.08. The molecule has 0 saturated carbocycles. The number of carboxylic acid groups (broad SMARTS) is 1. The molecule has 1 N–H and O–H groups in total. The quantitative estimate of drug-likeness (QED) is 0.802. The standard InChI is InChI=1S/C20H23NO6/c1-13-18(20(23)24)10-17(27-13)11-21(2)19(22)14-5-7-15(8-6-14)26-12-16-4-3-9-25-16/h5-8,10,16H,3-4,9,11-12H2,1-2H3,(H,23,24). The minimum Gasteiger partial charge on any atom is -0.491 e. The fourth-order valence-corrected chi connectivity index (χ4v) is 3.02. The Morgan fingerprint density at radius 1 is 1.30 bits per heavy atom. The van der Waals surface area contributed by atoms with Crippen molar-refractivity contribution in [2.75, 3.05) is 20.3 Å². The fraction of sp³-hybridized carbons (Fsp3) is 0.400. The molecule has 1 aromatic carbocycles. The van der Waals surface area contributed by atoms with Gasteiger partial charge in [0.25, 0.3) is 5.91 Å². The summed E-state index contributed by atoms with van der Waals surface area (Å²) in [5.74, 6) is 0.211. The molecule has 7 nitrogen and oxygen atoms in total. The Labute approximate surface area is 157 Å². The number of furan rings is 1. The second-order valence-electron chi connectivity index (χ2n) is 6.62. The summed E-state index contributed by atoms with van der Waals surface area (Å²) < 4.78 is 16.6. The Hall–Kier alpha value is -2.80. The minimum absolute atomic E-state index is 0.110. The average Bonchev–Trinajstić information content (AvgIpc) is 3.29. The van der Waals surface area contributed by atoms with Gasteiger partial charge in [0, 0.05) is 19.2 Å². The summed E-state index contributed by atoms with van der Waals surface area (Å²) in [4.78, 5) is 25.1. The highest BCUT2D eigenvalue weighted by atomic mass is 16.5. The maximum atomic E-state index is 12.6. The van der Waals surface area contributed by atoms with Gasteiger partial charge in [-0.25, -0.2) is 4.79 Å². The molecule has 2 heterocycles. The molecule has 1 aliphatic heterocycles. The number of hydrogen-bond acceptors (Lipinski definition) is 5. The molecule has 1 atom stereocenters. The van der Waals surface area contributed by atoms with Gasteiger partial charge >= 0.3 is 5.97 Å². The van der Waals surface area contributed by atoms with E-state index in [0.29, 0.717) is 29.4 Å². The van der Waals surface area contributed by atoms with E-state index < -0.39 is 5.97 Å². The van der Waals surface area contributed by atoms with Crippen LogP contribution in [0.15, 0.2) is 34.7 Å². The SMILES string of the molecule is Cc1oc(CN(C)C(=O)c2ccc(OCC3CCCO3)cc2)cc1C(=O)O. The van der Waals surface area contributed by atoms with Crippen LogP contribution in [0.1, 0.15) is 45.1 Å². The number of rotatable bonds is 7. The van der Waals surface area contributed by atoms with Gasteiger partial charge in [0.15, 0.2) is 0 Å². The molecule has 27 heavy (non-hydrogen) atoms. The van der Waals surface area contributed by atoms with Gasteiger partial charge < -0.3 is 23.9 Å². The van der Waals surface area contributed by atoms with E-state index in [-0.39, 0.29) is 24.1 Å². The second-order valence-corrected chi connectivity index (χ2v) is 6.62. The van der Waals surface area contributed by atoms with Crippen molar-refractivity contribution in [3.05, 3.63) is 53.0 Å². The summed E-state index contributed by atoms with van der Waals surface area (Å²) in [6.45, 7) is 3.07. The zero-order chi connectivity index (χ0) is 19.4. The second kappa shape index (κ2) is 8.26. The van der Waals surface area contributed by atoms with Crippen molar-refractivity contribution in [2.45, 2.75) is 32.4 Å². The van der Waals surface area contributed by atoms with Gasteiger partial charge in [0.05, 0.1) is 12.6 Å². The van der Waals surface area contributed by atoms with E-state index in [1.165, 1.54) is 11.0 Å². The van der Waals surface area contributed by atoms with E-state index in [1.54, 1.807) is 38.2 Å². The lowest BCUT2D eigenvalue weighted by molar-refractivity contribution is 0.0678. The summed E-state index contributed by atoms with van der Waals surface area (Å²) in [5.41, 5.74) is 0.627. The third kappa shape index (κ3) is 4.68. The van der Waals surface area contributed by atoms with Crippen molar-refractivity contribution in [3.8, 4) is 5.75 Å².